The second-order valence-electron chi connectivity index (χ2n) is 12.5. The van der Waals surface area contributed by atoms with Crippen LogP contribution in [0.5, 0.6) is 0 Å². The zero-order chi connectivity index (χ0) is 31.4. The Kier molecular flexibility index (Phi) is 7.22. The lowest BCUT2D eigenvalue weighted by molar-refractivity contribution is -0.204. The van der Waals surface area contributed by atoms with Gasteiger partial charge >= 0.3 is 0 Å². The van der Waals surface area contributed by atoms with Gasteiger partial charge in [-0.1, -0.05) is 91.0 Å². The van der Waals surface area contributed by atoms with Crippen LogP contribution in [0.3, 0.4) is 0 Å². The van der Waals surface area contributed by atoms with Crippen molar-refractivity contribution in [3.63, 3.8) is 0 Å². The van der Waals surface area contributed by atoms with Crippen LogP contribution in [0.15, 0.2) is 97.3 Å². The molecule has 2 fully saturated rings. The number of fused-ring (bicyclic) bond motifs is 2. The molecule has 232 valence electrons. The van der Waals surface area contributed by atoms with Gasteiger partial charge in [0.2, 0.25) is 0 Å². The van der Waals surface area contributed by atoms with Crippen LogP contribution in [0, 0.1) is 0 Å². The van der Waals surface area contributed by atoms with Crippen molar-refractivity contribution in [1.82, 2.24) is 19.5 Å². The van der Waals surface area contributed by atoms with Crippen LogP contribution >= 0.6 is 0 Å². The highest BCUT2D eigenvalue weighted by atomic mass is 16.8. The summed E-state index contributed by atoms with van der Waals surface area (Å²) in [6.07, 6.45) is -0.490. The Morgan fingerprint density at radius 3 is 1.91 bits per heavy atom. The highest BCUT2D eigenvalue weighted by Crippen LogP contribution is 2.46. The molecule has 2 aromatic heterocycles. The maximum Gasteiger partial charge on any atom is 0.168 e. The minimum absolute atomic E-state index is 0.174. The van der Waals surface area contributed by atoms with E-state index in [1.54, 1.807) is 24.7 Å². The molecule has 4 atom stereocenters. The number of hydrogen-bond acceptors (Lipinski definition) is 9. The van der Waals surface area contributed by atoms with Gasteiger partial charge in [0.1, 0.15) is 35.0 Å². The molecule has 0 aliphatic carbocycles. The van der Waals surface area contributed by atoms with E-state index in [0.717, 1.165) is 16.7 Å². The molecule has 0 saturated carbocycles. The monoisotopic (exact) mass is 607 g/mol. The number of aromatic nitrogens is 4. The fourth-order valence-corrected chi connectivity index (χ4v) is 6.39. The predicted octanol–water partition coefficient (Wildman–Crippen LogP) is 5.06. The Morgan fingerprint density at radius 1 is 0.844 bits per heavy atom. The minimum atomic E-state index is -1.31. The summed E-state index contributed by atoms with van der Waals surface area (Å²) >= 11 is 0. The fraction of sp³-hybridized carbons (Fsp3) is 0.343. The molecule has 0 bridgehead atoms. The van der Waals surface area contributed by atoms with Gasteiger partial charge in [-0.05, 0) is 44.4 Å². The van der Waals surface area contributed by atoms with Gasteiger partial charge in [0.25, 0.3) is 0 Å². The first-order valence-corrected chi connectivity index (χ1v) is 15.1. The maximum atomic E-state index is 10.7. The minimum Gasteiger partial charge on any atom is -0.382 e. The van der Waals surface area contributed by atoms with Crippen molar-refractivity contribution >= 4 is 17.0 Å². The lowest BCUT2D eigenvalue weighted by Gasteiger charge is -2.37. The number of ether oxygens (including phenoxy) is 4. The quantitative estimate of drug-likeness (QED) is 0.233. The van der Waals surface area contributed by atoms with Crippen molar-refractivity contribution in [2.24, 2.45) is 0 Å². The molecule has 3 N–H and O–H groups in total. The summed E-state index contributed by atoms with van der Waals surface area (Å²) in [5.41, 5.74) is 7.83. The molecule has 45 heavy (non-hydrogen) atoms. The molecule has 0 amide bonds. The van der Waals surface area contributed by atoms with E-state index in [4.69, 9.17) is 24.7 Å². The third kappa shape index (κ3) is 5.18. The van der Waals surface area contributed by atoms with Gasteiger partial charge in [-0.2, -0.15) is 0 Å². The van der Waals surface area contributed by atoms with Crippen LogP contribution in [0.1, 0.15) is 56.4 Å². The van der Waals surface area contributed by atoms with Crippen LogP contribution in [-0.2, 0) is 30.1 Å². The molecule has 0 unspecified atom stereocenters. The zero-order valence-corrected chi connectivity index (χ0v) is 25.7. The average Bonchev–Trinajstić information content (AvgIpc) is 3.70. The predicted molar refractivity (Wildman–Crippen MR) is 168 cm³/mol. The first-order chi connectivity index (χ1) is 21.6. The average molecular weight is 608 g/mol. The van der Waals surface area contributed by atoms with E-state index in [1.165, 1.54) is 0 Å². The van der Waals surface area contributed by atoms with Gasteiger partial charge in [0, 0.05) is 0 Å². The third-order valence-corrected chi connectivity index (χ3v) is 8.40. The fourth-order valence-electron chi connectivity index (χ4n) is 6.39. The van der Waals surface area contributed by atoms with E-state index in [2.05, 4.69) is 51.4 Å². The molecule has 4 heterocycles. The number of rotatable bonds is 8. The first kappa shape index (κ1) is 29.5. The second kappa shape index (κ2) is 11.0. The van der Waals surface area contributed by atoms with E-state index in [-0.39, 0.29) is 18.2 Å². The number of imidazole rings is 1. The largest absolute Gasteiger partial charge is 0.382 e. The van der Waals surface area contributed by atoms with Crippen LogP contribution in [0.25, 0.3) is 11.2 Å². The lowest BCUT2D eigenvalue weighted by Crippen LogP contribution is -2.39. The van der Waals surface area contributed by atoms with Gasteiger partial charge in [-0.25, -0.2) is 15.0 Å². The van der Waals surface area contributed by atoms with Gasteiger partial charge in [-0.15, -0.1) is 0 Å². The number of anilines is 1. The number of nitrogens with zero attached hydrogens (tertiary/aromatic N) is 4. The molecule has 0 radical (unpaired) electrons. The van der Waals surface area contributed by atoms with Gasteiger partial charge < -0.3 is 29.8 Å². The Morgan fingerprint density at radius 2 is 1.38 bits per heavy atom. The molecule has 10 nitrogen and oxygen atoms in total. The summed E-state index contributed by atoms with van der Waals surface area (Å²) < 4.78 is 28.5. The number of hydrogen-bond donors (Lipinski definition) is 2. The van der Waals surface area contributed by atoms with E-state index in [0.29, 0.717) is 11.2 Å². The highest BCUT2D eigenvalue weighted by Gasteiger charge is 2.57. The molecule has 2 aliphatic rings. The topological polar surface area (TPSA) is 127 Å². The molecule has 2 saturated heterocycles. The van der Waals surface area contributed by atoms with E-state index in [9.17, 15) is 5.11 Å². The van der Waals surface area contributed by atoms with Crippen molar-refractivity contribution in [3.05, 3.63) is 120 Å². The summed E-state index contributed by atoms with van der Waals surface area (Å²) in [6, 6.07) is 30.6. The van der Waals surface area contributed by atoms with Crippen LogP contribution in [-0.4, -0.2) is 55.3 Å². The Labute approximate surface area is 261 Å². The summed E-state index contributed by atoms with van der Waals surface area (Å²) in [5, 5.41) is 10.7. The maximum absolute atomic E-state index is 10.7. The SMILES string of the molecule is CC1(C)O[C@@H]2[C@H](O1)[C@@H](COC(c1ccccc1)(c1ccccc1)c1ccccc1)O[C@H]2n1cnc2c(N)nc(C(C)(C)O)nc21. The summed E-state index contributed by atoms with van der Waals surface area (Å²) in [6.45, 7) is 7.19. The van der Waals surface area contributed by atoms with Crippen molar-refractivity contribution in [2.45, 2.75) is 69.2 Å². The molecule has 0 spiro atoms. The van der Waals surface area contributed by atoms with Crippen LogP contribution < -0.4 is 5.73 Å². The normalized spacial score (nSPS) is 23.0. The molecule has 2 aliphatic heterocycles. The molecule has 7 rings (SSSR count). The van der Waals surface area contributed by atoms with Gasteiger partial charge in [-0.3, -0.25) is 4.57 Å². The summed E-state index contributed by atoms with van der Waals surface area (Å²) in [7, 11) is 0. The second-order valence-corrected chi connectivity index (χ2v) is 12.5. The standard InChI is InChI=1S/C35H37N5O5/c1-33(2,41)32-38-29(36)26-30(39-32)40(21-37-26)31-28-27(44-34(3,4)45-28)25(43-31)20-42-35(22-14-8-5-9-15-22,23-16-10-6-11-17-23)24-18-12-7-13-19-24/h5-19,21,25,27-28,31,41H,20H2,1-4H3,(H2,36,38,39)/t25-,27-,28-,31-/m1/s1. The molecule has 3 aromatic carbocycles. The Bertz CT molecular complexity index is 1690. The van der Waals surface area contributed by atoms with Crippen molar-refractivity contribution in [2.75, 3.05) is 12.3 Å². The summed E-state index contributed by atoms with van der Waals surface area (Å²) in [5.74, 6) is -0.494. The Hall–Kier alpha value is -4.19. The van der Waals surface area contributed by atoms with Crippen molar-refractivity contribution < 1.29 is 24.1 Å². The molecular weight excluding hydrogens is 570 g/mol. The van der Waals surface area contributed by atoms with Gasteiger partial charge in [0.15, 0.2) is 29.3 Å². The van der Waals surface area contributed by atoms with E-state index < -0.39 is 41.5 Å². The summed E-state index contributed by atoms with van der Waals surface area (Å²) in [4.78, 5) is 13.4. The van der Waals surface area contributed by atoms with Crippen LogP contribution in [0.2, 0.25) is 0 Å². The van der Waals surface area contributed by atoms with Crippen molar-refractivity contribution in [1.29, 1.82) is 0 Å². The first-order valence-electron chi connectivity index (χ1n) is 15.1. The highest BCUT2D eigenvalue weighted by molar-refractivity contribution is 5.81. The number of aliphatic hydroxyl groups is 1. The number of benzene rings is 3. The lowest BCUT2D eigenvalue weighted by atomic mass is 9.80. The number of nitrogen functional groups attached to an aromatic ring is 1. The Balaban J connectivity index is 1.29. The zero-order valence-electron chi connectivity index (χ0n) is 25.7. The molecule has 10 heteroatoms. The van der Waals surface area contributed by atoms with E-state index in [1.807, 2.05) is 68.4 Å². The molecular formula is C35H37N5O5. The van der Waals surface area contributed by atoms with Crippen molar-refractivity contribution in [3.8, 4) is 0 Å². The number of nitrogens with two attached hydrogens (primary N) is 1. The third-order valence-electron chi connectivity index (χ3n) is 8.40. The molecule has 5 aromatic rings. The van der Waals surface area contributed by atoms with Gasteiger partial charge in [0.05, 0.1) is 12.9 Å². The van der Waals surface area contributed by atoms with E-state index >= 15 is 0 Å². The smallest absolute Gasteiger partial charge is 0.168 e. The van der Waals surface area contributed by atoms with Crippen LogP contribution in [0.4, 0.5) is 5.82 Å².